The van der Waals surface area contributed by atoms with Crippen molar-refractivity contribution in [2.75, 3.05) is 18.0 Å². The largest absolute Gasteiger partial charge is 0.341 e. The van der Waals surface area contributed by atoms with Crippen molar-refractivity contribution in [3.8, 4) is 12.3 Å². The maximum Gasteiger partial charge on any atom is 0.253 e. The smallest absolute Gasteiger partial charge is 0.253 e. The topological polar surface area (TPSA) is 51.0 Å². The molecule has 0 N–H and O–H groups in total. The molecule has 1 saturated heterocycles. The maximum atomic E-state index is 12.7. The molecule has 2 fully saturated rings. The lowest BCUT2D eigenvalue weighted by molar-refractivity contribution is 0.514. The van der Waals surface area contributed by atoms with Crippen LogP contribution in [0.4, 0.5) is 5.95 Å². The Morgan fingerprint density at radius 2 is 1.88 bits per heavy atom. The van der Waals surface area contributed by atoms with Crippen LogP contribution in [0.5, 0.6) is 0 Å². The van der Waals surface area contributed by atoms with Crippen LogP contribution in [0, 0.1) is 12.3 Å². The Morgan fingerprint density at radius 3 is 2.58 bits per heavy atom. The van der Waals surface area contributed by atoms with Crippen LogP contribution in [0.15, 0.2) is 17.1 Å². The fourth-order valence-corrected chi connectivity index (χ4v) is 3.99. The van der Waals surface area contributed by atoms with E-state index in [0.29, 0.717) is 11.2 Å². The minimum absolute atomic E-state index is 0.0364. The summed E-state index contributed by atoms with van der Waals surface area (Å²) in [7, 11) is 0. The van der Waals surface area contributed by atoms with Gasteiger partial charge in [-0.15, -0.1) is 6.42 Å². The van der Waals surface area contributed by atoms with Crippen molar-refractivity contribution >= 4 is 17.0 Å². The molecule has 0 unspecified atom stereocenters. The Bertz CT molecular complexity index is 852. The minimum Gasteiger partial charge on any atom is -0.341 e. The van der Waals surface area contributed by atoms with Gasteiger partial charge in [0.2, 0.25) is 5.95 Å². The summed E-state index contributed by atoms with van der Waals surface area (Å²) in [6.07, 6.45) is 15.4. The third-order valence-corrected chi connectivity index (χ3v) is 5.26. The average Bonchev–Trinajstić information content (AvgIpc) is 3.15. The number of nitrogens with zero attached hydrogens (tertiary/aromatic N) is 4. The summed E-state index contributed by atoms with van der Waals surface area (Å²) in [6.45, 7) is 1.96. The number of hydrogen-bond acceptors (Lipinski definition) is 4. The standard InChI is InChI=1S/C19H22N4O/c1-2-14-12-17(24)23(15-8-4-5-9-15)18-16(14)13-20-19(21-18)22-10-6-3-7-11-22/h1,12-13,15H,3-11H2. The van der Waals surface area contributed by atoms with E-state index < -0.39 is 0 Å². The Morgan fingerprint density at radius 1 is 1.12 bits per heavy atom. The van der Waals surface area contributed by atoms with Gasteiger partial charge >= 0.3 is 0 Å². The van der Waals surface area contributed by atoms with Crippen LogP contribution >= 0.6 is 0 Å². The molecule has 24 heavy (non-hydrogen) atoms. The molecule has 124 valence electrons. The third kappa shape index (κ3) is 2.56. The Hall–Kier alpha value is -2.35. The number of pyridine rings is 1. The van der Waals surface area contributed by atoms with Crippen LogP contribution in [0.3, 0.4) is 0 Å². The summed E-state index contributed by atoms with van der Waals surface area (Å²) in [6, 6.07) is 1.79. The maximum absolute atomic E-state index is 12.7. The predicted octanol–water partition coefficient (Wildman–Crippen LogP) is 2.88. The summed E-state index contributed by atoms with van der Waals surface area (Å²) in [5.74, 6) is 3.35. The van der Waals surface area contributed by atoms with Crippen molar-refractivity contribution in [2.24, 2.45) is 0 Å². The average molecular weight is 322 g/mol. The first kappa shape index (κ1) is 15.2. The predicted molar refractivity (Wildman–Crippen MR) is 95.3 cm³/mol. The lowest BCUT2D eigenvalue weighted by atomic mass is 10.1. The lowest BCUT2D eigenvalue weighted by Gasteiger charge is -2.27. The summed E-state index contributed by atoms with van der Waals surface area (Å²) >= 11 is 0. The van der Waals surface area contributed by atoms with Gasteiger partial charge in [-0.25, -0.2) is 4.98 Å². The summed E-state index contributed by atoms with van der Waals surface area (Å²) in [5.41, 5.74) is 1.26. The van der Waals surface area contributed by atoms with Gasteiger partial charge in [0.15, 0.2) is 0 Å². The molecule has 0 atom stereocenters. The van der Waals surface area contributed by atoms with Crippen molar-refractivity contribution in [3.63, 3.8) is 0 Å². The first-order valence-corrected chi connectivity index (χ1v) is 8.92. The summed E-state index contributed by atoms with van der Waals surface area (Å²) in [5, 5.41) is 0.810. The molecule has 1 aliphatic carbocycles. The fraction of sp³-hybridized carbons (Fsp3) is 0.526. The van der Waals surface area contributed by atoms with Crippen molar-refractivity contribution < 1.29 is 0 Å². The third-order valence-electron chi connectivity index (χ3n) is 5.26. The molecule has 1 saturated carbocycles. The van der Waals surface area contributed by atoms with Gasteiger partial charge < -0.3 is 4.90 Å². The number of anilines is 1. The molecule has 5 heteroatoms. The molecule has 3 heterocycles. The van der Waals surface area contributed by atoms with Crippen molar-refractivity contribution in [1.29, 1.82) is 0 Å². The quantitative estimate of drug-likeness (QED) is 0.798. The monoisotopic (exact) mass is 322 g/mol. The highest BCUT2D eigenvalue weighted by Crippen LogP contribution is 2.31. The zero-order valence-electron chi connectivity index (χ0n) is 13.9. The second-order valence-corrected chi connectivity index (χ2v) is 6.80. The van der Waals surface area contributed by atoms with E-state index in [9.17, 15) is 4.79 Å². The molecule has 0 bridgehead atoms. The number of hydrogen-bond donors (Lipinski definition) is 0. The normalized spacial score (nSPS) is 18.9. The molecule has 0 amide bonds. The SMILES string of the molecule is C#Cc1cc(=O)n(C2CCCC2)c2nc(N3CCCCC3)ncc12. The van der Waals surface area contributed by atoms with Gasteiger partial charge in [-0.05, 0) is 32.1 Å². The van der Waals surface area contributed by atoms with Gasteiger partial charge in [-0.2, -0.15) is 4.98 Å². The Balaban J connectivity index is 1.90. The number of fused-ring (bicyclic) bond motifs is 1. The van der Waals surface area contributed by atoms with E-state index >= 15 is 0 Å². The van der Waals surface area contributed by atoms with Crippen LogP contribution in [-0.2, 0) is 0 Å². The second-order valence-electron chi connectivity index (χ2n) is 6.80. The first-order valence-electron chi connectivity index (χ1n) is 8.92. The summed E-state index contributed by atoms with van der Waals surface area (Å²) < 4.78 is 1.86. The number of aromatic nitrogens is 3. The molecule has 4 rings (SSSR count). The van der Waals surface area contributed by atoms with Gasteiger partial charge in [0.05, 0.1) is 5.39 Å². The molecule has 5 nitrogen and oxygen atoms in total. The van der Waals surface area contributed by atoms with E-state index in [4.69, 9.17) is 11.4 Å². The second kappa shape index (κ2) is 6.27. The highest BCUT2D eigenvalue weighted by Gasteiger charge is 2.23. The van der Waals surface area contributed by atoms with Gasteiger partial charge in [0, 0.05) is 37.0 Å². The molecule has 1 aliphatic heterocycles. The Kier molecular flexibility index (Phi) is 3.97. The highest BCUT2D eigenvalue weighted by molar-refractivity contribution is 5.82. The Labute approximate surface area is 141 Å². The van der Waals surface area contributed by atoms with Gasteiger partial charge in [0.1, 0.15) is 5.65 Å². The van der Waals surface area contributed by atoms with Crippen LogP contribution in [0.25, 0.3) is 11.0 Å². The van der Waals surface area contributed by atoms with Gasteiger partial charge in [0.25, 0.3) is 5.56 Å². The molecule has 0 aromatic carbocycles. The first-order chi connectivity index (χ1) is 11.8. The molecule has 0 spiro atoms. The number of terminal acetylenes is 1. The van der Waals surface area contributed by atoms with E-state index in [0.717, 1.165) is 37.3 Å². The zero-order valence-corrected chi connectivity index (χ0v) is 13.9. The number of piperidine rings is 1. The fourth-order valence-electron chi connectivity index (χ4n) is 3.99. The van der Waals surface area contributed by atoms with Gasteiger partial charge in [-0.3, -0.25) is 9.36 Å². The lowest BCUT2D eigenvalue weighted by Crippen LogP contribution is -2.31. The van der Waals surface area contributed by atoms with E-state index in [1.165, 1.54) is 32.1 Å². The number of rotatable bonds is 2. The van der Waals surface area contributed by atoms with Crippen LogP contribution in [0.1, 0.15) is 56.6 Å². The molecular formula is C19H22N4O. The molecule has 2 aliphatic rings. The van der Waals surface area contributed by atoms with Crippen LogP contribution < -0.4 is 10.5 Å². The van der Waals surface area contributed by atoms with E-state index in [1.807, 2.05) is 4.57 Å². The van der Waals surface area contributed by atoms with Crippen molar-refractivity contribution in [2.45, 2.75) is 51.0 Å². The van der Waals surface area contributed by atoms with Crippen LogP contribution in [0.2, 0.25) is 0 Å². The van der Waals surface area contributed by atoms with Crippen molar-refractivity contribution in [1.82, 2.24) is 14.5 Å². The summed E-state index contributed by atoms with van der Waals surface area (Å²) in [4.78, 5) is 24.2. The molecule has 2 aromatic rings. The molecule has 2 aromatic heterocycles. The molecule has 0 radical (unpaired) electrons. The molecular weight excluding hydrogens is 300 g/mol. The van der Waals surface area contributed by atoms with Crippen LogP contribution in [-0.4, -0.2) is 27.6 Å². The highest BCUT2D eigenvalue weighted by atomic mass is 16.1. The van der Waals surface area contributed by atoms with E-state index in [2.05, 4.69) is 15.8 Å². The van der Waals surface area contributed by atoms with Crippen molar-refractivity contribution in [3.05, 3.63) is 28.2 Å². The van der Waals surface area contributed by atoms with E-state index in [-0.39, 0.29) is 11.6 Å². The van der Waals surface area contributed by atoms with E-state index in [1.54, 1.807) is 12.3 Å². The minimum atomic E-state index is -0.0364. The van der Waals surface area contributed by atoms with Gasteiger partial charge in [-0.1, -0.05) is 18.8 Å². The zero-order chi connectivity index (χ0) is 16.5.